The molecular formula is C31H51Cl2CoN3. The summed E-state index contributed by atoms with van der Waals surface area (Å²) >= 11 is 0. The summed E-state index contributed by atoms with van der Waals surface area (Å²) in [4.78, 5) is 0. The average molecular weight is 596 g/mol. The van der Waals surface area contributed by atoms with Crippen molar-refractivity contribution in [2.24, 2.45) is 0 Å². The summed E-state index contributed by atoms with van der Waals surface area (Å²) in [5.74, 6) is 2.09. The van der Waals surface area contributed by atoms with Crippen molar-refractivity contribution in [1.82, 2.24) is 5.32 Å². The first-order valence-corrected chi connectivity index (χ1v) is 13.5. The van der Waals surface area contributed by atoms with Gasteiger partial charge in [-0.05, 0) is 72.7 Å². The Morgan fingerprint density at radius 2 is 0.838 bits per heavy atom. The van der Waals surface area contributed by atoms with Crippen molar-refractivity contribution in [1.29, 1.82) is 0 Å². The smallest absolute Gasteiger partial charge is 1.00 e. The van der Waals surface area contributed by atoms with E-state index >= 15 is 0 Å². The first-order chi connectivity index (χ1) is 16.0. The van der Waals surface area contributed by atoms with Crippen molar-refractivity contribution in [3.8, 4) is 0 Å². The Balaban J connectivity index is 0. The molecule has 0 aliphatic carbocycles. The molecule has 0 saturated carbocycles. The van der Waals surface area contributed by atoms with E-state index in [0.717, 1.165) is 32.6 Å². The van der Waals surface area contributed by atoms with Crippen LogP contribution in [0, 0.1) is 13.8 Å². The molecule has 37 heavy (non-hydrogen) atoms. The van der Waals surface area contributed by atoms with Gasteiger partial charge in [0.15, 0.2) is 0 Å². The van der Waals surface area contributed by atoms with Crippen LogP contribution >= 0.6 is 0 Å². The van der Waals surface area contributed by atoms with Crippen LogP contribution in [0.3, 0.4) is 0 Å². The molecule has 3 N–H and O–H groups in total. The molecule has 2 aromatic rings. The summed E-state index contributed by atoms with van der Waals surface area (Å²) in [6, 6.07) is 9.40. The largest absolute Gasteiger partial charge is 2.00 e. The second-order valence-corrected chi connectivity index (χ2v) is 11.2. The van der Waals surface area contributed by atoms with Gasteiger partial charge in [0.1, 0.15) is 0 Å². The van der Waals surface area contributed by atoms with Crippen LogP contribution in [0.25, 0.3) is 0 Å². The van der Waals surface area contributed by atoms with Gasteiger partial charge in [0, 0.05) is 31.0 Å². The van der Waals surface area contributed by atoms with E-state index in [2.05, 4.69) is 109 Å². The molecule has 0 fully saturated rings. The maximum atomic E-state index is 3.78. The van der Waals surface area contributed by atoms with E-state index in [1.54, 1.807) is 0 Å². The summed E-state index contributed by atoms with van der Waals surface area (Å²) in [5, 5.41) is 11.2. The second-order valence-electron chi connectivity index (χ2n) is 11.2. The number of nitrogens with one attached hydrogen (secondary N) is 3. The topological polar surface area (TPSA) is 36.1 Å². The summed E-state index contributed by atoms with van der Waals surface area (Å²) < 4.78 is 0. The first kappa shape index (κ1) is 38.2. The van der Waals surface area contributed by atoms with Gasteiger partial charge in [0.05, 0.1) is 0 Å². The SMILES string of the molecule is Cc1cc(C(C)C)c(NCCCNCCNc2c(C(C)C)cc(C)cc2C(C)C)c(C(C)C)c1.[Cl-].[Cl-].[Co+2]. The number of aryl methyl sites for hydroxylation is 2. The molecule has 2 rings (SSSR count). The minimum atomic E-state index is 0. The quantitative estimate of drug-likeness (QED) is 0.312. The van der Waals surface area contributed by atoms with Gasteiger partial charge in [-0.25, -0.2) is 0 Å². The molecule has 6 heteroatoms. The number of halogens is 2. The van der Waals surface area contributed by atoms with E-state index in [9.17, 15) is 0 Å². The van der Waals surface area contributed by atoms with E-state index in [1.165, 1.54) is 44.8 Å². The summed E-state index contributed by atoms with van der Waals surface area (Å²) in [7, 11) is 0. The molecule has 0 atom stereocenters. The summed E-state index contributed by atoms with van der Waals surface area (Å²) in [6.45, 7) is 26.7. The molecular weight excluding hydrogens is 544 g/mol. The first-order valence-electron chi connectivity index (χ1n) is 13.5. The van der Waals surface area contributed by atoms with Crippen LogP contribution in [0.1, 0.15) is 119 Å². The van der Waals surface area contributed by atoms with Crippen LogP contribution in [0.2, 0.25) is 0 Å². The zero-order valence-corrected chi connectivity index (χ0v) is 27.3. The Kier molecular flexibility index (Phi) is 19.0. The molecule has 0 aliphatic heterocycles. The van der Waals surface area contributed by atoms with Crippen molar-refractivity contribution in [3.63, 3.8) is 0 Å². The number of rotatable bonds is 13. The van der Waals surface area contributed by atoms with Gasteiger partial charge in [-0.15, -0.1) is 0 Å². The second kappa shape index (κ2) is 18.4. The third-order valence-electron chi connectivity index (χ3n) is 6.61. The van der Waals surface area contributed by atoms with E-state index in [1.807, 2.05) is 0 Å². The maximum Gasteiger partial charge on any atom is 2.00 e. The predicted octanol–water partition coefficient (Wildman–Crippen LogP) is 2.31. The molecule has 0 amide bonds. The number of hydrogen-bond donors (Lipinski definition) is 3. The molecule has 213 valence electrons. The van der Waals surface area contributed by atoms with Gasteiger partial charge in [-0.2, -0.15) is 0 Å². The summed E-state index contributed by atoms with van der Waals surface area (Å²) in [6.07, 6.45) is 1.11. The van der Waals surface area contributed by atoms with Gasteiger partial charge in [0.2, 0.25) is 0 Å². The van der Waals surface area contributed by atoms with Gasteiger partial charge in [0.25, 0.3) is 0 Å². The van der Waals surface area contributed by atoms with Crippen molar-refractivity contribution in [3.05, 3.63) is 57.6 Å². The van der Waals surface area contributed by atoms with Gasteiger partial charge in [-0.3, -0.25) is 0 Å². The monoisotopic (exact) mass is 594 g/mol. The minimum Gasteiger partial charge on any atom is -1.00 e. The number of anilines is 2. The van der Waals surface area contributed by atoms with Crippen LogP contribution < -0.4 is 40.8 Å². The molecule has 1 radical (unpaired) electrons. The Bertz CT molecular complexity index is 793. The third kappa shape index (κ3) is 11.4. The van der Waals surface area contributed by atoms with Crippen LogP contribution in [0.5, 0.6) is 0 Å². The molecule has 0 aliphatic rings. The van der Waals surface area contributed by atoms with Gasteiger partial charge < -0.3 is 40.8 Å². The Morgan fingerprint density at radius 3 is 1.16 bits per heavy atom. The van der Waals surface area contributed by atoms with Crippen LogP contribution in [0.4, 0.5) is 11.4 Å². The Hall–Kier alpha value is -0.914. The fraction of sp³-hybridized carbons (Fsp3) is 0.613. The third-order valence-corrected chi connectivity index (χ3v) is 6.61. The van der Waals surface area contributed by atoms with E-state index in [-0.39, 0.29) is 41.6 Å². The molecule has 0 bridgehead atoms. The van der Waals surface area contributed by atoms with E-state index < -0.39 is 0 Å². The fourth-order valence-electron chi connectivity index (χ4n) is 4.74. The maximum absolute atomic E-state index is 3.78. The molecule has 0 unspecified atom stereocenters. The summed E-state index contributed by atoms with van der Waals surface area (Å²) in [5.41, 5.74) is 11.2. The predicted molar refractivity (Wildman–Crippen MR) is 153 cm³/mol. The molecule has 3 nitrogen and oxygen atoms in total. The zero-order valence-electron chi connectivity index (χ0n) is 24.7. The van der Waals surface area contributed by atoms with E-state index in [0.29, 0.717) is 23.7 Å². The zero-order chi connectivity index (χ0) is 25.4. The Labute approximate surface area is 251 Å². The van der Waals surface area contributed by atoms with Crippen molar-refractivity contribution in [2.45, 2.75) is 99.3 Å². The normalized spacial score (nSPS) is 10.9. The van der Waals surface area contributed by atoms with Crippen LogP contribution in [0.15, 0.2) is 24.3 Å². The molecule has 0 heterocycles. The fourth-order valence-corrected chi connectivity index (χ4v) is 4.74. The molecule has 0 saturated heterocycles. The average Bonchev–Trinajstić information content (AvgIpc) is 2.75. The Morgan fingerprint density at radius 1 is 0.514 bits per heavy atom. The number of benzene rings is 2. The van der Waals surface area contributed by atoms with Crippen molar-refractivity contribution in [2.75, 3.05) is 36.8 Å². The molecule has 0 aromatic heterocycles. The minimum absolute atomic E-state index is 0. The molecule has 2 aromatic carbocycles. The standard InChI is InChI=1S/C31H51N3.2ClH.Co/c1-20(2)26-16-24(9)17-27(21(3)4)30(26)33-13-11-12-32-14-15-34-31-28(22(5)6)18-25(10)19-29(31)23(7)8;;;/h16-23,32-34H,11-15H2,1-10H3;2*1H;/q;;;+2/p-2. The van der Waals surface area contributed by atoms with Crippen LogP contribution in [-0.2, 0) is 16.8 Å². The van der Waals surface area contributed by atoms with Gasteiger partial charge in [-0.1, -0.05) is 90.8 Å². The van der Waals surface area contributed by atoms with E-state index in [4.69, 9.17) is 0 Å². The van der Waals surface area contributed by atoms with Gasteiger partial charge >= 0.3 is 16.8 Å². The molecule has 0 spiro atoms. The van der Waals surface area contributed by atoms with Crippen molar-refractivity contribution >= 4 is 11.4 Å². The van der Waals surface area contributed by atoms with Crippen molar-refractivity contribution < 1.29 is 41.6 Å². The van der Waals surface area contributed by atoms with Crippen LogP contribution in [-0.4, -0.2) is 26.2 Å². The number of hydrogen-bond acceptors (Lipinski definition) is 3.